The molecule has 0 amide bonds. The zero-order valence-electron chi connectivity index (χ0n) is 12.0. The Morgan fingerprint density at radius 2 is 1.90 bits per heavy atom. The average Bonchev–Trinajstić information content (AvgIpc) is 2.51. The summed E-state index contributed by atoms with van der Waals surface area (Å²) in [5, 5.41) is 12.4. The van der Waals surface area contributed by atoms with E-state index in [9.17, 15) is 5.26 Å². The van der Waals surface area contributed by atoms with E-state index in [0.29, 0.717) is 40.7 Å². The van der Waals surface area contributed by atoms with E-state index in [2.05, 4.69) is 11.4 Å². The highest BCUT2D eigenvalue weighted by molar-refractivity contribution is 5.81. The Morgan fingerprint density at radius 1 is 1.19 bits per heavy atom. The highest BCUT2D eigenvalue weighted by atomic mass is 16.5. The maximum atomic E-state index is 9.22. The second-order valence-electron chi connectivity index (χ2n) is 4.27. The van der Waals surface area contributed by atoms with Crippen LogP contribution in [0.1, 0.15) is 12.5 Å². The number of hydrogen-bond donors (Lipinski definition) is 2. The van der Waals surface area contributed by atoms with E-state index in [1.807, 2.05) is 19.1 Å². The first kappa shape index (κ1) is 14.5. The molecule has 0 fully saturated rings. The molecule has 2 aromatic rings. The van der Waals surface area contributed by atoms with E-state index in [1.54, 1.807) is 31.4 Å². The fraction of sp³-hybridized carbons (Fsp3) is 0.188. The number of nitrogens with two attached hydrogens (primary N) is 1. The second-order valence-corrected chi connectivity index (χ2v) is 4.27. The van der Waals surface area contributed by atoms with Crippen molar-refractivity contribution in [2.24, 2.45) is 0 Å². The molecular formula is C16H17N3O2. The molecule has 0 heterocycles. The first-order chi connectivity index (χ1) is 10.2. The topological polar surface area (TPSA) is 80.3 Å². The fourth-order valence-corrected chi connectivity index (χ4v) is 1.99. The summed E-state index contributed by atoms with van der Waals surface area (Å²) in [6.07, 6.45) is 0. The number of rotatable bonds is 5. The Morgan fingerprint density at radius 3 is 2.57 bits per heavy atom. The van der Waals surface area contributed by atoms with Crippen molar-refractivity contribution >= 4 is 17.1 Å². The first-order valence-electron chi connectivity index (χ1n) is 6.56. The number of nitrogens with one attached hydrogen (secondary N) is 1. The van der Waals surface area contributed by atoms with Crippen molar-refractivity contribution in [1.82, 2.24) is 0 Å². The third kappa shape index (κ3) is 3.00. The van der Waals surface area contributed by atoms with Crippen LogP contribution in [0.25, 0.3) is 0 Å². The number of nitriles is 1. The van der Waals surface area contributed by atoms with Crippen LogP contribution in [-0.4, -0.2) is 13.7 Å². The van der Waals surface area contributed by atoms with Gasteiger partial charge in [0.05, 0.1) is 36.3 Å². The molecule has 2 aromatic carbocycles. The van der Waals surface area contributed by atoms with Gasteiger partial charge in [-0.05, 0) is 31.2 Å². The van der Waals surface area contributed by atoms with Crippen LogP contribution in [0.4, 0.5) is 17.1 Å². The van der Waals surface area contributed by atoms with Crippen LogP contribution >= 0.6 is 0 Å². The van der Waals surface area contributed by atoms with Crippen LogP contribution in [0.3, 0.4) is 0 Å². The second kappa shape index (κ2) is 6.53. The summed E-state index contributed by atoms with van der Waals surface area (Å²) in [7, 11) is 1.56. The van der Waals surface area contributed by atoms with Crippen molar-refractivity contribution in [2.75, 3.05) is 24.8 Å². The third-order valence-corrected chi connectivity index (χ3v) is 2.99. The van der Waals surface area contributed by atoms with Crippen LogP contribution in [0.5, 0.6) is 11.5 Å². The highest BCUT2D eigenvalue weighted by Crippen LogP contribution is 2.36. The lowest BCUT2D eigenvalue weighted by Crippen LogP contribution is -2.03. The van der Waals surface area contributed by atoms with Gasteiger partial charge in [0.15, 0.2) is 0 Å². The standard InChI is InChI=1S/C16H17N3O2/c1-3-21-13-8-5-7-12(15(13)18)19-16-11(10-17)6-4-9-14(16)20-2/h4-9,19H,3,18H2,1-2H3. The molecule has 0 radical (unpaired) electrons. The summed E-state index contributed by atoms with van der Waals surface area (Å²) >= 11 is 0. The minimum Gasteiger partial charge on any atom is -0.495 e. The predicted molar refractivity (Wildman–Crippen MR) is 83.0 cm³/mol. The fourth-order valence-electron chi connectivity index (χ4n) is 1.99. The average molecular weight is 283 g/mol. The van der Waals surface area contributed by atoms with Crippen LogP contribution in [0.2, 0.25) is 0 Å². The van der Waals surface area contributed by atoms with E-state index in [1.165, 1.54) is 0 Å². The third-order valence-electron chi connectivity index (χ3n) is 2.99. The minimum absolute atomic E-state index is 0.482. The van der Waals surface area contributed by atoms with Crippen molar-refractivity contribution in [1.29, 1.82) is 5.26 Å². The van der Waals surface area contributed by atoms with Gasteiger partial charge < -0.3 is 20.5 Å². The van der Waals surface area contributed by atoms with E-state index < -0.39 is 0 Å². The molecule has 0 aromatic heterocycles. The van der Waals surface area contributed by atoms with E-state index in [-0.39, 0.29) is 0 Å². The van der Waals surface area contributed by atoms with Crippen molar-refractivity contribution in [2.45, 2.75) is 6.92 Å². The van der Waals surface area contributed by atoms with Gasteiger partial charge in [0.1, 0.15) is 17.6 Å². The van der Waals surface area contributed by atoms with Crippen molar-refractivity contribution in [3.63, 3.8) is 0 Å². The lowest BCUT2D eigenvalue weighted by atomic mass is 10.1. The summed E-state index contributed by atoms with van der Waals surface area (Å²) < 4.78 is 10.8. The Balaban J connectivity index is 2.44. The Labute approximate surface area is 123 Å². The molecule has 0 spiro atoms. The van der Waals surface area contributed by atoms with Crippen LogP contribution in [0.15, 0.2) is 36.4 Å². The molecule has 0 bridgehead atoms. The van der Waals surface area contributed by atoms with Crippen LogP contribution in [-0.2, 0) is 0 Å². The summed E-state index contributed by atoms with van der Waals surface area (Å²) in [4.78, 5) is 0. The number of anilines is 3. The Kier molecular flexibility index (Phi) is 4.52. The van der Waals surface area contributed by atoms with Gasteiger partial charge in [-0.15, -0.1) is 0 Å². The molecule has 21 heavy (non-hydrogen) atoms. The molecule has 0 aliphatic heterocycles. The zero-order chi connectivity index (χ0) is 15.2. The molecular weight excluding hydrogens is 266 g/mol. The molecule has 0 unspecified atom stereocenters. The maximum absolute atomic E-state index is 9.22. The number of benzene rings is 2. The molecule has 0 aliphatic carbocycles. The van der Waals surface area contributed by atoms with Crippen molar-refractivity contribution in [3.05, 3.63) is 42.0 Å². The Bertz CT molecular complexity index is 678. The molecule has 0 saturated carbocycles. The molecule has 0 aliphatic rings. The largest absolute Gasteiger partial charge is 0.495 e. The number of para-hydroxylation sites is 2. The van der Waals surface area contributed by atoms with Crippen molar-refractivity contribution in [3.8, 4) is 17.6 Å². The summed E-state index contributed by atoms with van der Waals surface area (Å²) in [5.41, 5.74) is 8.32. The van der Waals surface area contributed by atoms with Gasteiger partial charge in [-0.2, -0.15) is 5.26 Å². The monoisotopic (exact) mass is 283 g/mol. The molecule has 2 rings (SSSR count). The number of hydrogen-bond acceptors (Lipinski definition) is 5. The predicted octanol–water partition coefficient (Wildman–Crippen LogP) is 3.29. The lowest BCUT2D eigenvalue weighted by Gasteiger charge is -2.16. The van der Waals surface area contributed by atoms with Gasteiger partial charge in [0.2, 0.25) is 0 Å². The Hall–Kier alpha value is -2.87. The summed E-state index contributed by atoms with van der Waals surface area (Å²) in [5.74, 6) is 1.19. The van der Waals surface area contributed by atoms with Crippen LogP contribution in [0, 0.1) is 11.3 Å². The lowest BCUT2D eigenvalue weighted by molar-refractivity contribution is 0.342. The minimum atomic E-state index is 0.482. The van der Waals surface area contributed by atoms with Gasteiger partial charge >= 0.3 is 0 Å². The number of nitrogens with zero attached hydrogens (tertiary/aromatic N) is 1. The molecule has 108 valence electrons. The number of methoxy groups -OCH3 is 1. The van der Waals surface area contributed by atoms with Crippen LogP contribution < -0.4 is 20.5 Å². The summed E-state index contributed by atoms with van der Waals surface area (Å²) in [6.45, 7) is 2.43. The molecule has 0 atom stereocenters. The highest BCUT2D eigenvalue weighted by Gasteiger charge is 2.12. The van der Waals surface area contributed by atoms with Crippen molar-refractivity contribution < 1.29 is 9.47 Å². The number of ether oxygens (including phenoxy) is 2. The van der Waals surface area contributed by atoms with Gasteiger partial charge in [-0.3, -0.25) is 0 Å². The first-order valence-corrected chi connectivity index (χ1v) is 6.56. The van der Waals surface area contributed by atoms with E-state index in [4.69, 9.17) is 15.2 Å². The summed E-state index contributed by atoms with van der Waals surface area (Å²) in [6, 6.07) is 12.9. The normalized spacial score (nSPS) is 9.76. The van der Waals surface area contributed by atoms with Gasteiger partial charge in [0.25, 0.3) is 0 Å². The van der Waals surface area contributed by atoms with Gasteiger partial charge in [-0.1, -0.05) is 12.1 Å². The molecule has 5 heteroatoms. The van der Waals surface area contributed by atoms with Gasteiger partial charge in [-0.25, -0.2) is 0 Å². The van der Waals surface area contributed by atoms with Gasteiger partial charge in [0, 0.05) is 0 Å². The molecule has 5 nitrogen and oxygen atoms in total. The van der Waals surface area contributed by atoms with E-state index >= 15 is 0 Å². The quantitative estimate of drug-likeness (QED) is 0.823. The maximum Gasteiger partial charge on any atom is 0.144 e. The number of nitrogen functional groups attached to an aromatic ring is 1. The molecule has 0 saturated heterocycles. The van der Waals surface area contributed by atoms with E-state index in [0.717, 1.165) is 0 Å². The smallest absolute Gasteiger partial charge is 0.144 e. The zero-order valence-corrected chi connectivity index (χ0v) is 12.0. The molecule has 3 N–H and O–H groups in total. The SMILES string of the molecule is CCOc1cccc(Nc2c(C#N)cccc2OC)c1N.